The van der Waals surface area contributed by atoms with Crippen LogP contribution in [-0.2, 0) is 9.47 Å². The van der Waals surface area contributed by atoms with Crippen LogP contribution in [0.4, 0.5) is 0 Å². The number of carbonyl (C=O) groups excluding carboxylic acids is 2. The topological polar surface area (TPSA) is 89.3 Å². The third-order valence-corrected chi connectivity index (χ3v) is 1.85. The number of pyridine rings is 1. The smallest absolute Gasteiger partial charge is 0.341 e. The molecule has 0 bridgehead atoms. The molecule has 0 amide bonds. The van der Waals surface area contributed by atoms with Gasteiger partial charge in [-0.15, -0.1) is 0 Å². The third-order valence-electron chi connectivity index (χ3n) is 1.85. The summed E-state index contributed by atoms with van der Waals surface area (Å²) in [5, 5.41) is 8.77. The number of nitrogens with zero attached hydrogens (tertiary/aromatic N) is 2. The number of ether oxygens (including phenoxy) is 2. The monoisotopic (exact) mass is 220 g/mol. The van der Waals surface area contributed by atoms with E-state index in [1.807, 2.05) is 0 Å². The molecule has 1 aromatic heterocycles. The zero-order valence-electron chi connectivity index (χ0n) is 8.68. The second-order valence-corrected chi connectivity index (χ2v) is 2.68. The van der Waals surface area contributed by atoms with Crippen LogP contribution < -0.4 is 0 Å². The third kappa shape index (κ3) is 1.98. The van der Waals surface area contributed by atoms with Crippen molar-refractivity contribution >= 4 is 11.9 Å². The molecule has 6 heteroatoms. The highest BCUT2D eigenvalue weighted by Crippen LogP contribution is 2.14. The average Bonchev–Trinajstić information content (AvgIpc) is 2.35. The van der Waals surface area contributed by atoms with Gasteiger partial charge in [0.15, 0.2) is 5.69 Å². The van der Waals surface area contributed by atoms with Gasteiger partial charge in [-0.3, -0.25) is 0 Å². The molecule has 0 N–H and O–H groups in total. The zero-order chi connectivity index (χ0) is 12.1. The van der Waals surface area contributed by atoms with Gasteiger partial charge >= 0.3 is 11.9 Å². The summed E-state index contributed by atoms with van der Waals surface area (Å²) >= 11 is 0. The van der Waals surface area contributed by atoms with Crippen molar-refractivity contribution in [3.05, 3.63) is 29.1 Å². The number of carbonyl (C=O) groups is 2. The lowest BCUT2D eigenvalue weighted by molar-refractivity contribution is 0.0554. The Labute approximate surface area is 91.4 Å². The number of rotatable bonds is 2. The minimum atomic E-state index is -0.801. The molecule has 0 aromatic carbocycles. The quantitative estimate of drug-likeness (QED) is 0.675. The Morgan fingerprint density at radius 1 is 1.31 bits per heavy atom. The van der Waals surface area contributed by atoms with E-state index in [0.29, 0.717) is 0 Å². The van der Waals surface area contributed by atoms with Gasteiger partial charge in [0.1, 0.15) is 11.6 Å². The van der Waals surface area contributed by atoms with Gasteiger partial charge in [0, 0.05) is 6.20 Å². The van der Waals surface area contributed by atoms with E-state index >= 15 is 0 Å². The fraction of sp³-hybridized carbons (Fsp3) is 0.200. The van der Waals surface area contributed by atoms with Gasteiger partial charge in [0.2, 0.25) is 0 Å². The highest BCUT2D eigenvalue weighted by atomic mass is 16.5. The molecule has 0 aliphatic heterocycles. The van der Waals surface area contributed by atoms with Crippen molar-refractivity contribution in [1.29, 1.82) is 5.26 Å². The molecule has 0 unspecified atom stereocenters. The Hall–Kier alpha value is -2.42. The summed E-state index contributed by atoms with van der Waals surface area (Å²) in [6, 6.07) is 3.00. The minimum Gasteiger partial charge on any atom is -0.465 e. The van der Waals surface area contributed by atoms with Gasteiger partial charge in [0.25, 0.3) is 0 Å². The van der Waals surface area contributed by atoms with Crippen LogP contribution in [0.2, 0.25) is 0 Å². The SMILES string of the molecule is COC(=O)c1ccnc(C#N)c1C(=O)OC. The molecule has 1 aromatic rings. The Bertz CT molecular complexity index is 476. The zero-order valence-corrected chi connectivity index (χ0v) is 8.68. The molecule has 0 fully saturated rings. The van der Waals surface area contributed by atoms with Crippen molar-refractivity contribution in [2.24, 2.45) is 0 Å². The van der Waals surface area contributed by atoms with E-state index in [0.717, 1.165) is 7.11 Å². The van der Waals surface area contributed by atoms with E-state index in [1.54, 1.807) is 6.07 Å². The van der Waals surface area contributed by atoms with Crippen molar-refractivity contribution in [3.8, 4) is 6.07 Å². The van der Waals surface area contributed by atoms with Crippen LogP contribution >= 0.6 is 0 Å². The number of hydrogen-bond donors (Lipinski definition) is 0. The average molecular weight is 220 g/mol. The largest absolute Gasteiger partial charge is 0.465 e. The fourth-order valence-corrected chi connectivity index (χ4v) is 1.14. The Morgan fingerprint density at radius 2 is 1.94 bits per heavy atom. The Kier molecular flexibility index (Phi) is 3.56. The first-order chi connectivity index (χ1) is 7.65. The van der Waals surface area contributed by atoms with Gasteiger partial charge in [-0.2, -0.15) is 5.26 Å². The number of nitriles is 1. The van der Waals surface area contributed by atoms with Crippen molar-refractivity contribution in [2.45, 2.75) is 0 Å². The van der Waals surface area contributed by atoms with Crippen LogP contribution in [0.15, 0.2) is 12.3 Å². The summed E-state index contributed by atoms with van der Waals surface area (Å²) in [4.78, 5) is 26.4. The Balaban J connectivity index is 3.45. The molecule has 0 radical (unpaired) electrons. The molecule has 1 rings (SSSR count). The molecule has 0 saturated heterocycles. The molecule has 0 aliphatic rings. The lowest BCUT2D eigenvalue weighted by Gasteiger charge is -2.06. The standard InChI is InChI=1S/C10H8N2O4/c1-15-9(13)6-3-4-12-7(5-11)8(6)10(14)16-2/h3-4H,1-2H3. The van der Waals surface area contributed by atoms with Gasteiger partial charge < -0.3 is 9.47 Å². The van der Waals surface area contributed by atoms with Gasteiger partial charge in [-0.05, 0) is 6.07 Å². The first-order valence-corrected chi connectivity index (χ1v) is 4.21. The summed E-state index contributed by atoms with van der Waals surface area (Å²) in [6.45, 7) is 0. The maximum Gasteiger partial charge on any atom is 0.341 e. The number of esters is 2. The van der Waals surface area contributed by atoms with E-state index in [1.165, 1.54) is 19.4 Å². The number of methoxy groups -OCH3 is 2. The maximum atomic E-state index is 11.4. The first-order valence-electron chi connectivity index (χ1n) is 4.21. The van der Waals surface area contributed by atoms with Gasteiger partial charge in [-0.1, -0.05) is 0 Å². The highest BCUT2D eigenvalue weighted by Gasteiger charge is 2.22. The summed E-state index contributed by atoms with van der Waals surface area (Å²) in [7, 11) is 2.33. The van der Waals surface area contributed by atoms with Crippen molar-refractivity contribution in [3.63, 3.8) is 0 Å². The molecule has 0 atom stereocenters. The molecule has 0 saturated carbocycles. The van der Waals surface area contributed by atoms with E-state index < -0.39 is 11.9 Å². The molecule has 16 heavy (non-hydrogen) atoms. The molecule has 1 heterocycles. The molecule has 0 spiro atoms. The van der Waals surface area contributed by atoms with Crippen LogP contribution in [0.5, 0.6) is 0 Å². The second kappa shape index (κ2) is 4.89. The van der Waals surface area contributed by atoms with Crippen LogP contribution in [0.1, 0.15) is 26.4 Å². The lowest BCUT2D eigenvalue weighted by Crippen LogP contribution is -2.14. The molecule has 82 valence electrons. The van der Waals surface area contributed by atoms with E-state index in [-0.39, 0.29) is 16.8 Å². The highest BCUT2D eigenvalue weighted by molar-refractivity contribution is 6.04. The van der Waals surface area contributed by atoms with E-state index in [4.69, 9.17) is 5.26 Å². The second-order valence-electron chi connectivity index (χ2n) is 2.68. The van der Waals surface area contributed by atoms with Gasteiger partial charge in [0.05, 0.1) is 19.8 Å². The molecular formula is C10H8N2O4. The predicted molar refractivity (Wildman–Crippen MR) is 51.6 cm³/mol. The fourth-order valence-electron chi connectivity index (χ4n) is 1.14. The van der Waals surface area contributed by atoms with Gasteiger partial charge in [-0.25, -0.2) is 14.6 Å². The van der Waals surface area contributed by atoms with Crippen LogP contribution in [0.3, 0.4) is 0 Å². The predicted octanol–water partition coefficient (Wildman–Crippen LogP) is 0.526. The molecule has 0 aliphatic carbocycles. The molecular weight excluding hydrogens is 212 g/mol. The summed E-state index contributed by atoms with van der Waals surface area (Å²) in [5.74, 6) is -1.52. The number of hydrogen-bond acceptors (Lipinski definition) is 6. The number of aromatic nitrogens is 1. The lowest BCUT2D eigenvalue weighted by atomic mass is 10.1. The van der Waals surface area contributed by atoms with Crippen LogP contribution in [0, 0.1) is 11.3 Å². The van der Waals surface area contributed by atoms with Crippen molar-refractivity contribution in [1.82, 2.24) is 4.98 Å². The van der Waals surface area contributed by atoms with Crippen molar-refractivity contribution < 1.29 is 19.1 Å². The minimum absolute atomic E-state index is 0.0408. The van der Waals surface area contributed by atoms with Crippen molar-refractivity contribution in [2.75, 3.05) is 14.2 Å². The summed E-state index contributed by atoms with van der Waals surface area (Å²) < 4.78 is 8.96. The first kappa shape index (κ1) is 11.7. The molecule has 6 nitrogen and oxygen atoms in total. The normalized spacial score (nSPS) is 9.06. The summed E-state index contributed by atoms with van der Waals surface area (Å²) in [5.41, 5.74) is -0.394. The Morgan fingerprint density at radius 3 is 2.44 bits per heavy atom. The van der Waals surface area contributed by atoms with Crippen LogP contribution in [0.25, 0.3) is 0 Å². The maximum absolute atomic E-state index is 11.4. The summed E-state index contributed by atoms with van der Waals surface area (Å²) in [6.07, 6.45) is 1.25. The van der Waals surface area contributed by atoms with Crippen LogP contribution in [-0.4, -0.2) is 31.1 Å². The van der Waals surface area contributed by atoms with E-state index in [9.17, 15) is 9.59 Å². The van der Waals surface area contributed by atoms with E-state index in [2.05, 4.69) is 14.5 Å².